The zero-order valence-corrected chi connectivity index (χ0v) is 31.2. The van der Waals surface area contributed by atoms with Gasteiger partial charge < -0.3 is 13.6 Å². The number of allylic oxidation sites excluding steroid dienone is 3. The van der Waals surface area contributed by atoms with Crippen LogP contribution < -0.4 is 20.7 Å². The number of ether oxygens (including phenoxy) is 1. The molecule has 246 valence electrons. The van der Waals surface area contributed by atoms with Crippen LogP contribution in [0.3, 0.4) is 0 Å². The standard InChI is InChI=1S/C42H52O3Si2/c1-8-9-14-23-34-32-43-39(33-44-46(41(2,3)4,35-24-15-10-16-25-35)36-26-17-11-18-27-36)40(34)45-47(42(5,6)7,37-28-19-12-20-29-37)38-30-21-13-22-31-38/h8-31,34,39-40H,32-33H2,1-7H3/b9-8+,23-14-/t34-,39-,40+/m0/s1. The predicted molar refractivity (Wildman–Crippen MR) is 203 cm³/mol. The van der Waals surface area contributed by atoms with E-state index in [4.69, 9.17) is 13.6 Å². The smallest absolute Gasteiger partial charge is 0.261 e. The SMILES string of the molecule is C/C=C/C=C\[C@H]1CO[C@@H](CO[Si](c2ccccc2)(c2ccccc2)C(C)(C)C)[C@@H]1O[Si](c1ccccc1)(c1ccccc1)C(C)(C)C. The summed E-state index contributed by atoms with van der Waals surface area (Å²) < 4.78 is 22.0. The van der Waals surface area contributed by atoms with Gasteiger partial charge in [0.15, 0.2) is 0 Å². The lowest BCUT2D eigenvalue weighted by molar-refractivity contribution is 0.0132. The van der Waals surface area contributed by atoms with Crippen molar-refractivity contribution in [2.75, 3.05) is 13.2 Å². The normalized spacial score (nSPS) is 19.5. The van der Waals surface area contributed by atoms with Gasteiger partial charge in [0.2, 0.25) is 0 Å². The zero-order valence-electron chi connectivity index (χ0n) is 29.2. The third-order valence-corrected chi connectivity index (χ3v) is 19.6. The van der Waals surface area contributed by atoms with Gasteiger partial charge in [-0.2, -0.15) is 0 Å². The highest BCUT2D eigenvalue weighted by molar-refractivity contribution is 7.00. The Morgan fingerprint density at radius 2 is 1.02 bits per heavy atom. The first kappa shape index (κ1) is 35.0. The molecule has 0 aliphatic carbocycles. The van der Waals surface area contributed by atoms with Gasteiger partial charge in [0, 0.05) is 5.92 Å². The molecule has 3 atom stereocenters. The molecule has 0 amide bonds. The van der Waals surface area contributed by atoms with Gasteiger partial charge in [-0.1, -0.05) is 187 Å². The maximum Gasteiger partial charge on any atom is 0.261 e. The summed E-state index contributed by atoms with van der Waals surface area (Å²) in [6.07, 6.45) is 8.13. The molecule has 1 saturated heterocycles. The first-order chi connectivity index (χ1) is 22.5. The topological polar surface area (TPSA) is 27.7 Å². The average Bonchev–Trinajstić information content (AvgIpc) is 3.45. The van der Waals surface area contributed by atoms with E-state index in [1.165, 1.54) is 20.7 Å². The molecule has 5 heteroatoms. The minimum absolute atomic E-state index is 0.0839. The van der Waals surface area contributed by atoms with Crippen LogP contribution >= 0.6 is 0 Å². The molecule has 5 rings (SSSR count). The second-order valence-electron chi connectivity index (χ2n) is 14.7. The Morgan fingerprint density at radius 1 is 0.617 bits per heavy atom. The van der Waals surface area contributed by atoms with Crippen LogP contribution in [0.5, 0.6) is 0 Å². The molecule has 0 N–H and O–H groups in total. The van der Waals surface area contributed by atoms with E-state index in [0.29, 0.717) is 13.2 Å². The minimum atomic E-state index is -2.86. The third kappa shape index (κ3) is 7.11. The van der Waals surface area contributed by atoms with Crippen molar-refractivity contribution in [3.63, 3.8) is 0 Å². The lowest BCUT2D eigenvalue weighted by atomic mass is 10.0. The van der Waals surface area contributed by atoms with E-state index in [1.807, 2.05) is 6.92 Å². The maximum atomic E-state index is 7.83. The van der Waals surface area contributed by atoms with Crippen LogP contribution in [0.2, 0.25) is 10.1 Å². The van der Waals surface area contributed by atoms with Crippen molar-refractivity contribution in [1.29, 1.82) is 0 Å². The van der Waals surface area contributed by atoms with Crippen molar-refractivity contribution < 1.29 is 13.6 Å². The van der Waals surface area contributed by atoms with Crippen molar-refractivity contribution in [3.8, 4) is 0 Å². The molecule has 1 aliphatic heterocycles. The van der Waals surface area contributed by atoms with E-state index in [1.54, 1.807) is 0 Å². The summed E-state index contributed by atoms with van der Waals surface area (Å²) in [6, 6.07) is 43.5. The quantitative estimate of drug-likeness (QED) is 0.122. The van der Waals surface area contributed by atoms with Gasteiger partial charge >= 0.3 is 0 Å². The van der Waals surface area contributed by atoms with E-state index in [9.17, 15) is 0 Å². The highest BCUT2D eigenvalue weighted by atomic mass is 28.4. The molecule has 47 heavy (non-hydrogen) atoms. The highest BCUT2D eigenvalue weighted by Gasteiger charge is 2.55. The molecule has 1 fully saturated rings. The first-order valence-electron chi connectivity index (χ1n) is 17.0. The monoisotopic (exact) mass is 660 g/mol. The summed E-state index contributed by atoms with van der Waals surface area (Å²) in [5.41, 5.74) is 0. The molecular formula is C42H52O3Si2. The summed E-state index contributed by atoms with van der Waals surface area (Å²) in [4.78, 5) is 0. The largest absolute Gasteiger partial charge is 0.405 e. The Hall–Kier alpha value is -3.33. The number of benzene rings is 4. The maximum absolute atomic E-state index is 7.83. The third-order valence-electron chi connectivity index (χ3n) is 9.56. The highest BCUT2D eigenvalue weighted by Crippen LogP contribution is 2.42. The minimum Gasteiger partial charge on any atom is -0.405 e. The Morgan fingerprint density at radius 3 is 1.40 bits per heavy atom. The van der Waals surface area contributed by atoms with Gasteiger partial charge in [0.1, 0.15) is 6.10 Å². The van der Waals surface area contributed by atoms with Crippen molar-refractivity contribution in [1.82, 2.24) is 0 Å². The van der Waals surface area contributed by atoms with Gasteiger partial charge in [-0.3, -0.25) is 0 Å². The van der Waals surface area contributed by atoms with E-state index >= 15 is 0 Å². The Labute approximate surface area is 285 Å². The van der Waals surface area contributed by atoms with E-state index in [-0.39, 0.29) is 28.2 Å². The predicted octanol–water partition coefficient (Wildman–Crippen LogP) is 7.66. The van der Waals surface area contributed by atoms with E-state index in [0.717, 1.165) is 0 Å². The number of hydrogen-bond donors (Lipinski definition) is 0. The second kappa shape index (κ2) is 14.8. The summed E-state index contributed by atoms with van der Waals surface area (Å²) in [7, 11) is -5.64. The van der Waals surface area contributed by atoms with Crippen LogP contribution in [-0.4, -0.2) is 42.1 Å². The molecule has 0 bridgehead atoms. The Balaban J connectivity index is 1.62. The van der Waals surface area contributed by atoms with Crippen molar-refractivity contribution in [2.24, 2.45) is 5.92 Å². The second-order valence-corrected chi connectivity index (χ2v) is 23.2. The summed E-state index contributed by atoms with van der Waals surface area (Å²) in [5, 5.41) is 4.80. The molecule has 1 heterocycles. The zero-order chi connectivity index (χ0) is 33.5. The van der Waals surface area contributed by atoms with Crippen LogP contribution in [0.1, 0.15) is 48.5 Å². The van der Waals surface area contributed by atoms with E-state index < -0.39 is 16.6 Å². The van der Waals surface area contributed by atoms with Crippen molar-refractivity contribution in [2.45, 2.75) is 70.8 Å². The van der Waals surface area contributed by atoms with Crippen molar-refractivity contribution in [3.05, 3.63) is 146 Å². The molecule has 3 nitrogen and oxygen atoms in total. The molecule has 4 aromatic carbocycles. The lowest BCUT2D eigenvalue weighted by Crippen LogP contribution is -2.69. The molecule has 0 aromatic heterocycles. The molecule has 0 radical (unpaired) electrons. The number of hydrogen-bond acceptors (Lipinski definition) is 3. The van der Waals surface area contributed by atoms with Crippen LogP contribution in [0.4, 0.5) is 0 Å². The van der Waals surface area contributed by atoms with Crippen LogP contribution in [0.15, 0.2) is 146 Å². The first-order valence-corrected chi connectivity index (χ1v) is 20.8. The molecule has 0 spiro atoms. The average molecular weight is 661 g/mol. The molecule has 4 aromatic rings. The van der Waals surface area contributed by atoms with Gasteiger partial charge in [0.05, 0.1) is 19.3 Å². The summed E-state index contributed by atoms with van der Waals surface area (Å²) in [6.45, 7) is 17.1. The van der Waals surface area contributed by atoms with Crippen LogP contribution in [-0.2, 0) is 13.6 Å². The number of rotatable bonds is 11. The van der Waals surface area contributed by atoms with E-state index in [2.05, 4.69) is 187 Å². The molecule has 0 unspecified atom stereocenters. The van der Waals surface area contributed by atoms with Crippen molar-refractivity contribution >= 4 is 37.4 Å². The molecule has 0 saturated carbocycles. The lowest BCUT2D eigenvalue weighted by Gasteiger charge is -2.47. The molecule has 1 aliphatic rings. The Kier molecular flexibility index (Phi) is 11.0. The summed E-state index contributed by atoms with van der Waals surface area (Å²) in [5.74, 6) is 0.0839. The van der Waals surface area contributed by atoms with Gasteiger partial charge in [-0.25, -0.2) is 0 Å². The van der Waals surface area contributed by atoms with Crippen LogP contribution in [0.25, 0.3) is 0 Å². The Bertz CT molecular complexity index is 1510. The fraction of sp³-hybridized carbons (Fsp3) is 0.333. The fourth-order valence-corrected chi connectivity index (χ4v) is 16.7. The van der Waals surface area contributed by atoms with Gasteiger partial charge in [-0.05, 0) is 37.7 Å². The summed E-state index contributed by atoms with van der Waals surface area (Å²) >= 11 is 0. The van der Waals surface area contributed by atoms with Gasteiger partial charge in [-0.15, -0.1) is 0 Å². The molecular weight excluding hydrogens is 609 g/mol. The fourth-order valence-electron chi connectivity index (χ4n) is 7.35. The van der Waals surface area contributed by atoms with Gasteiger partial charge in [0.25, 0.3) is 16.6 Å². The van der Waals surface area contributed by atoms with Crippen LogP contribution in [0, 0.1) is 5.92 Å².